The maximum absolute atomic E-state index is 4.60. The van der Waals surface area contributed by atoms with Gasteiger partial charge in [-0.2, -0.15) is 5.10 Å². The van der Waals surface area contributed by atoms with Gasteiger partial charge in [-0.1, -0.05) is 6.07 Å². The van der Waals surface area contributed by atoms with Crippen LogP contribution in [0, 0.1) is 13.8 Å². The smallest absolute Gasteiger partial charge is 0.116 e. The van der Waals surface area contributed by atoms with E-state index in [9.17, 15) is 0 Å². The highest BCUT2D eigenvalue weighted by Crippen LogP contribution is 2.32. The molecule has 31 heavy (non-hydrogen) atoms. The lowest BCUT2D eigenvalue weighted by atomic mass is 10.1. The molecule has 6 aromatic rings. The van der Waals surface area contributed by atoms with Crippen molar-refractivity contribution in [1.29, 1.82) is 0 Å². The molecule has 5 aromatic heterocycles. The average molecular weight is 408 g/mol. The lowest BCUT2D eigenvalue weighted by molar-refractivity contribution is 0.862. The Kier molecular flexibility index (Phi) is 3.64. The zero-order valence-electron chi connectivity index (χ0n) is 17.4. The minimum atomic E-state index is 0.863. The van der Waals surface area contributed by atoms with Crippen LogP contribution in [0.4, 0.5) is 0 Å². The van der Waals surface area contributed by atoms with Crippen LogP contribution in [0.3, 0.4) is 0 Å². The van der Waals surface area contributed by atoms with Crippen LogP contribution in [0.25, 0.3) is 50.3 Å². The first-order valence-electron chi connectivity index (χ1n) is 10.0. The van der Waals surface area contributed by atoms with E-state index < -0.39 is 0 Å². The van der Waals surface area contributed by atoms with Crippen LogP contribution in [-0.4, -0.2) is 39.3 Å². The number of imidazole rings is 2. The molecule has 0 atom stereocenters. The van der Waals surface area contributed by atoms with Gasteiger partial charge in [-0.15, -0.1) is 0 Å². The van der Waals surface area contributed by atoms with Crippen molar-refractivity contribution in [3.05, 3.63) is 66.8 Å². The first-order chi connectivity index (χ1) is 15.1. The third-order valence-corrected chi connectivity index (χ3v) is 5.82. The Morgan fingerprint density at radius 3 is 2.61 bits per heavy atom. The van der Waals surface area contributed by atoms with Crippen molar-refractivity contribution in [2.45, 2.75) is 13.8 Å². The van der Waals surface area contributed by atoms with Crippen LogP contribution in [-0.2, 0) is 7.05 Å². The molecular formula is C23H20N8. The standard InChI is InChI=1S/C23H20N8/c1-13-11-31(12-26-13)21-6-4-5-17-15(21)7-19(27-17)23-16-8-18(25-9-20(16)28-29-23)22-10-24-14(2)30(22)3/h4-12,27H,1-3H3,(H,28,29). The minimum absolute atomic E-state index is 0.863. The predicted molar refractivity (Wildman–Crippen MR) is 120 cm³/mol. The van der Waals surface area contributed by atoms with E-state index >= 15 is 0 Å². The van der Waals surface area contributed by atoms with Crippen LogP contribution in [0.1, 0.15) is 11.5 Å². The van der Waals surface area contributed by atoms with Crippen LogP contribution < -0.4 is 0 Å². The van der Waals surface area contributed by atoms with E-state index in [-0.39, 0.29) is 0 Å². The molecule has 0 radical (unpaired) electrons. The van der Waals surface area contributed by atoms with Gasteiger partial charge in [-0.3, -0.25) is 10.1 Å². The Hall–Kier alpha value is -4.20. The number of benzene rings is 1. The Balaban J connectivity index is 1.52. The van der Waals surface area contributed by atoms with Gasteiger partial charge in [0.05, 0.1) is 52.7 Å². The van der Waals surface area contributed by atoms with Crippen LogP contribution >= 0.6 is 0 Å². The molecule has 0 aliphatic carbocycles. The summed E-state index contributed by atoms with van der Waals surface area (Å²) >= 11 is 0. The van der Waals surface area contributed by atoms with Gasteiger partial charge in [0, 0.05) is 29.5 Å². The van der Waals surface area contributed by atoms with E-state index in [1.165, 1.54) is 0 Å². The van der Waals surface area contributed by atoms with Gasteiger partial charge in [0.2, 0.25) is 0 Å². The van der Waals surface area contributed by atoms with Crippen molar-refractivity contribution in [3.63, 3.8) is 0 Å². The summed E-state index contributed by atoms with van der Waals surface area (Å²) in [6, 6.07) is 10.4. The Bertz CT molecular complexity index is 1580. The number of nitrogens with zero attached hydrogens (tertiary/aromatic N) is 6. The van der Waals surface area contributed by atoms with E-state index in [1.807, 2.05) is 61.0 Å². The van der Waals surface area contributed by atoms with Gasteiger partial charge in [0.25, 0.3) is 0 Å². The highest BCUT2D eigenvalue weighted by atomic mass is 15.1. The number of hydrogen-bond acceptors (Lipinski definition) is 4. The molecule has 6 rings (SSSR count). The van der Waals surface area contributed by atoms with E-state index in [1.54, 1.807) is 0 Å². The fourth-order valence-corrected chi connectivity index (χ4v) is 4.05. The minimum Gasteiger partial charge on any atom is -0.353 e. The van der Waals surface area contributed by atoms with Crippen molar-refractivity contribution in [2.75, 3.05) is 0 Å². The molecule has 0 saturated carbocycles. The zero-order chi connectivity index (χ0) is 21.1. The number of aromatic nitrogens is 8. The number of H-pyrrole nitrogens is 2. The van der Waals surface area contributed by atoms with Gasteiger partial charge < -0.3 is 14.1 Å². The SMILES string of the molecule is Cc1cn(-c2cccc3[nH]c(-c4n[nH]c5cnc(-c6cnc(C)n6C)cc45)cc23)cn1. The molecule has 1 aromatic carbocycles. The van der Waals surface area contributed by atoms with Crippen LogP contribution in [0.15, 0.2) is 55.2 Å². The Labute approximate surface area is 177 Å². The second-order valence-electron chi connectivity index (χ2n) is 7.78. The van der Waals surface area contributed by atoms with Crippen molar-refractivity contribution in [3.8, 4) is 28.5 Å². The van der Waals surface area contributed by atoms with Crippen LogP contribution in [0.5, 0.6) is 0 Å². The topological polar surface area (TPSA) is 93.0 Å². The first-order valence-corrected chi connectivity index (χ1v) is 10.0. The quantitative estimate of drug-likeness (QED) is 0.456. The number of fused-ring (bicyclic) bond motifs is 2. The lowest BCUT2D eigenvalue weighted by Crippen LogP contribution is -1.95. The van der Waals surface area contributed by atoms with E-state index in [0.717, 1.165) is 61.8 Å². The molecular weight excluding hydrogens is 388 g/mol. The van der Waals surface area contributed by atoms with E-state index in [4.69, 9.17) is 0 Å². The molecule has 0 saturated heterocycles. The van der Waals surface area contributed by atoms with Crippen molar-refractivity contribution >= 4 is 21.8 Å². The average Bonchev–Trinajstić information content (AvgIpc) is 3.54. The number of nitrogens with one attached hydrogen (secondary N) is 2. The summed E-state index contributed by atoms with van der Waals surface area (Å²) in [5, 5.41) is 9.82. The third-order valence-electron chi connectivity index (χ3n) is 5.82. The van der Waals surface area contributed by atoms with Gasteiger partial charge in [0.15, 0.2) is 0 Å². The summed E-state index contributed by atoms with van der Waals surface area (Å²) < 4.78 is 4.08. The highest BCUT2D eigenvalue weighted by Gasteiger charge is 2.16. The summed E-state index contributed by atoms with van der Waals surface area (Å²) in [6.45, 7) is 3.97. The summed E-state index contributed by atoms with van der Waals surface area (Å²) in [4.78, 5) is 16.9. The number of rotatable bonds is 3. The fraction of sp³-hybridized carbons (Fsp3) is 0.130. The molecule has 152 valence electrons. The fourth-order valence-electron chi connectivity index (χ4n) is 4.05. The summed E-state index contributed by atoms with van der Waals surface area (Å²) in [5.41, 5.74) is 7.65. The summed E-state index contributed by atoms with van der Waals surface area (Å²) in [5.74, 6) is 0.946. The van der Waals surface area contributed by atoms with Gasteiger partial charge in [0.1, 0.15) is 11.5 Å². The maximum atomic E-state index is 4.60. The predicted octanol–water partition coefficient (Wildman–Crippen LogP) is 4.31. The second-order valence-corrected chi connectivity index (χ2v) is 7.78. The van der Waals surface area contributed by atoms with Crippen LogP contribution in [0.2, 0.25) is 0 Å². The molecule has 8 heteroatoms. The first kappa shape index (κ1) is 17.6. The Morgan fingerprint density at radius 2 is 1.84 bits per heavy atom. The lowest BCUT2D eigenvalue weighted by Gasteiger charge is -2.03. The number of aromatic amines is 2. The third kappa shape index (κ3) is 2.68. The van der Waals surface area contributed by atoms with Crippen molar-refractivity contribution in [2.24, 2.45) is 7.05 Å². The van der Waals surface area contributed by atoms with E-state index in [2.05, 4.69) is 54.4 Å². The molecule has 8 nitrogen and oxygen atoms in total. The molecule has 0 spiro atoms. The normalized spacial score (nSPS) is 11.7. The molecule has 0 bridgehead atoms. The molecule has 0 aliphatic rings. The molecule has 0 amide bonds. The summed E-state index contributed by atoms with van der Waals surface area (Å²) in [6.07, 6.45) is 7.55. The van der Waals surface area contributed by atoms with Crippen molar-refractivity contribution < 1.29 is 0 Å². The maximum Gasteiger partial charge on any atom is 0.116 e. The molecule has 2 N–H and O–H groups in total. The number of pyridine rings is 1. The molecule has 5 heterocycles. The van der Waals surface area contributed by atoms with E-state index in [0.29, 0.717) is 0 Å². The van der Waals surface area contributed by atoms with Crippen molar-refractivity contribution in [1.82, 2.24) is 39.3 Å². The zero-order valence-corrected chi connectivity index (χ0v) is 17.4. The second kappa shape index (κ2) is 6.40. The Morgan fingerprint density at radius 1 is 0.935 bits per heavy atom. The largest absolute Gasteiger partial charge is 0.353 e. The van der Waals surface area contributed by atoms with Gasteiger partial charge in [-0.05, 0) is 38.1 Å². The molecule has 0 fully saturated rings. The highest BCUT2D eigenvalue weighted by molar-refractivity contribution is 5.98. The summed E-state index contributed by atoms with van der Waals surface area (Å²) in [7, 11) is 2.00. The molecule has 0 aliphatic heterocycles. The molecule has 0 unspecified atom stereocenters. The number of hydrogen-bond donors (Lipinski definition) is 2. The van der Waals surface area contributed by atoms with Gasteiger partial charge >= 0.3 is 0 Å². The number of aryl methyl sites for hydroxylation is 2. The monoisotopic (exact) mass is 408 g/mol. The van der Waals surface area contributed by atoms with Gasteiger partial charge in [-0.25, -0.2) is 9.97 Å².